The first-order valence-electron chi connectivity index (χ1n) is 6.82. The van der Waals surface area contributed by atoms with Crippen LogP contribution in [0.3, 0.4) is 0 Å². The third-order valence-corrected chi connectivity index (χ3v) is 4.43. The highest BCUT2D eigenvalue weighted by Crippen LogP contribution is 2.22. The van der Waals surface area contributed by atoms with Crippen molar-refractivity contribution in [2.75, 3.05) is 6.54 Å². The third-order valence-electron chi connectivity index (χ3n) is 3.34. The zero-order valence-corrected chi connectivity index (χ0v) is 12.8. The number of benzene rings is 1. The molecule has 0 spiro atoms. The highest BCUT2D eigenvalue weighted by molar-refractivity contribution is 7.14. The zero-order valence-electron chi connectivity index (χ0n) is 12.0. The second kappa shape index (κ2) is 6.83. The fourth-order valence-corrected chi connectivity index (χ4v) is 3.09. The van der Waals surface area contributed by atoms with Crippen molar-refractivity contribution in [1.29, 1.82) is 0 Å². The lowest BCUT2D eigenvalue weighted by Crippen LogP contribution is -2.27. The number of nitrogens with one attached hydrogen (secondary N) is 1. The molecular weight excluding hydrogens is 289 g/mol. The van der Waals surface area contributed by atoms with Gasteiger partial charge in [0.15, 0.2) is 0 Å². The van der Waals surface area contributed by atoms with Crippen LogP contribution in [0.25, 0.3) is 0 Å². The van der Waals surface area contributed by atoms with Gasteiger partial charge in [0.05, 0.1) is 11.0 Å². The molecule has 1 atom stereocenters. The highest BCUT2D eigenvalue weighted by Gasteiger charge is 2.14. The Kier molecular flexibility index (Phi) is 5.09. The van der Waals surface area contributed by atoms with Gasteiger partial charge in [-0.3, -0.25) is 4.79 Å². The molecule has 21 heavy (non-hydrogen) atoms. The number of rotatable bonds is 5. The standard InChI is InChI=1S/C16H18FNO2S/c1-3-11-8-15(21-10(11)2)16(20)18-9-14(19)12-4-6-13(17)7-5-12/h4-8,14,19H,3,9H2,1-2H3,(H,18,20). The molecule has 0 radical (unpaired) electrons. The van der Waals surface area contributed by atoms with E-state index in [4.69, 9.17) is 0 Å². The number of aryl methyl sites for hydroxylation is 2. The summed E-state index contributed by atoms with van der Waals surface area (Å²) in [5.74, 6) is -0.542. The van der Waals surface area contributed by atoms with E-state index in [0.717, 1.165) is 11.3 Å². The maximum absolute atomic E-state index is 12.8. The zero-order chi connectivity index (χ0) is 15.4. The van der Waals surface area contributed by atoms with E-state index in [1.165, 1.54) is 41.2 Å². The van der Waals surface area contributed by atoms with Crippen LogP contribution in [0, 0.1) is 12.7 Å². The van der Waals surface area contributed by atoms with Crippen molar-refractivity contribution in [2.45, 2.75) is 26.4 Å². The van der Waals surface area contributed by atoms with Crippen molar-refractivity contribution >= 4 is 17.2 Å². The van der Waals surface area contributed by atoms with Gasteiger partial charge < -0.3 is 10.4 Å². The first-order valence-corrected chi connectivity index (χ1v) is 7.64. The minimum Gasteiger partial charge on any atom is -0.387 e. The van der Waals surface area contributed by atoms with E-state index in [1.807, 2.05) is 13.0 Å². The molecule has 1 aromatic heterocycles. The summed E-state index contributed by atoms with van der Waals surface area (Å²) in [5, 5.41) is 12.7. The van der Waals surface area contributed by atoms with Crippen LogP contribution in [-0.4, -0.2) is 17.6 Å². The van der Waals surface area contributed by atoms with Gasteiger partial charge in [-0.1, -0.05) is 19.1 Å². The largest absolute Gasteiger partial charge is 0.387 e. The van der Waals surface area contributed by atoms with Gasteiger partial charge in [-0.05, 0) is 42.7 Å². The SMILES string of the molecule is CCc1cc(C(=O)NCC(O)c2ccc(F)cc2)sc1C. The van der Waals surface area contributed by atoms with Crippen molar-refractivity contribution in [3.8, 4) is 0 Å². The lowest BCUT2D eigenvalue weighted by atomic mass is 10.1. The fourth-order valence-electron chi connectivity index (χ4n) is 2.06. The molecule has 1 unspecified atom stereocenters. The predicted octanol–water partition coefficient (Wildman–Crippen LogP) is 3.22. The first kappa shape index (κ1) is 15.7. The number of halogens is 1. The lowest BCUT2D eigenvalue weighted by Gasteiger charge is -2.11. The predicted molar refractivity (Wildman–Crippen MR) is 82.1 cm³/mol. The molecule has 0 aliphatic carbocycles. The molecule has 5 heteroatoms. The number of hydrogen-bond acceptors (Lipinski definition) is 3. The molecule has 2 N–H and O–H groups in total. The summed E-state index contributed by atoms with van der Waals surface area (Å²) in [6.45, 7) is 4.14. The average molecular weight is 307 g/mol. The molecule has 0 saturated heterocycles. The van der Waals surface area contributed by atoms with Gasteiger partial charge in [-0.15, -0.1) is 11.3 Å². The van der Waals surface area contributed by atoms with Crippen LogP contribution in [-0.2, 0) is 6.42 Å². The van der Waals surface area contributed by atoms with Gasteiger partial charge in [0.1, 0.15) is 5.82 Å². The van der Waals surface area contributed by atoms with Gasteiger partial charge in [0.25, 0.3) is 5.91 Å². The quantitative estimate of drug-likeness (QED) is 0.891. The molecule has 2 aromatic rings. The minimum atomic E-state index is -0.846. The third kappa shape index (κ3) is 3.89. The summed E-state index contributed by atoms with van der Waals surface area (Å²) in [4.78, 5) is 13.8. The lowest BCUT2D eigenvalue weighted by molar-refractivity contribution is 0.0920. The molecular formula is C16H18FNO2S. The second-order valence-corrected chi connectivity index (χ2v) is 6.08. The highest BCUT2D eigenvalue weighted by atomic mass is 32.1. The van der Waals surface area contributed by atoms with Crippen LogP contribution >= 0.6 is 11.3 Å². The summed E-state index contributed by atoms with van der Waals surface area (Å²) in [6.07, 6.45) is 0.0506. The number of amides is 1. The summed E-state index contributed by atoms with van der Waals surface area (Å²) in [7, 11) is 0. The Hall–Kier alpha value is -1.72. The fraction of sp³-hybridized carbons (Fsp3) is 0.312. The Labute approximate surface area is 127 Å². The Morgan fingerprint density at radius 1 is 1.38 bits per heavy atom. The van der Waals surface area contributed by atoms with E-state index < -0.39 is 6.10 Å². The van der Waals surface area contributed by atoms with Crippen molar-refractivity contribution in [3.05, 3.63) is 57.0 Å². The van der Waals surface area contributed by atoms with E-state index in [9.17, 15) is 14.3 Å². The van der Waals surface area contributed by atoms with Crippen molar-refractivity contribution in [1.82, 2.24) is 5.32 Å². The van der Waals surface area contributed by atoms with E-state index in [2.05, 4.69) is 12.2 Å². The maximum atomic E-state index is 12.8. The van der Waals surface area contributed by atoms with Crippen LogP contribution in [0.15, 0.2) is 30.3 Å². The van der Waals surface area contributed by atoms with Gasteiger partial charge in [-0.25, -0.2) is 4.39 Å². The number of aliphatic hydroxyl groups excluding tert-OH is 1. The molecule has 3 nitrogen and oxygen atoms in total. The molecule has 0 bridgehead atoms. The molecule has 1 amide bonds. The summed E-state index contributed by atoms with van der Waals surface area (Å²) in [5.41, 5.74) is 1.75. The number of aliphatic hydroxyl groups is 1. The number of carbonyl (C=O) groups excluding carboxylic acids is 1. The van der Waals surface area contributed by atoms with Crippen LogP contribution in [0.2, 0.25) is 0 Å². The Bertz CT molecular complexity index is 622. The topological polar surface area (TPSA) is 49.3 Å². The number of carbonyl (C=O) groups is 1. The van der Waals surface area contributed by atoms with Gasteiger partial charge in [0, 0.05) is 11.4 Å². The average Bonchev–Trinajstić information content (AvgIpc) is 2.86. The molecule has 112 valence electrons. The van der Waals surface area contributed by atoms with Gasteiger partial charge >= 0.3 is 0 Å². The van der Waals surface area contributed by atoms with E-state index in [1.54, 1.807) is 0 Å². The molecule has 2 rings (SSSR count). The first-order chi connectivity index (χ1) is 10.0. The molecule has 0 fully saturated rings. The molecule has 1 heterocycles. The molecule has 0 aliphatic rings. The summed E-state index contributed by atoms with van der Waals surface area (Å²) < 4.78 is 12.8. The van der Waals surface area contributed by atoms with Crippen molar-refractivity contribution in [2.24, 2.45) is 0 Å². The van der Waals surface area contributed by atoms with Crippen molar-refractivity contribution in [3.63, 3.8) is 0 Å². The van der Waals surface area contributed by atoms with Crippen LogP contribution in [0.1, 0.15) is 38.7 Å². The summed E-state index contributed by atoms with van der Waals surface area (Å²) in [6, 6.07) is 7.49. The molecule has 0 aliphatic heterocycles. The van der Waals surface area contributed by atoms with Crippen LogP contribution in [0.4, 0.5) is 4.39 Å². The Morgan fingerprint density at radius 2 is 2.05 bits per heavy atom. The Morgan fingerprint density at radius 3 is 2.62 bits per heavy atom. The number of thiophene rings is 1. The smallest absolute Gasteiger partial charge is 0.261 e. The molecule has 1 aromatic carbocycles. The molecule has 0 saturated carbocycles. The van der Waals surface area contributed by atoms with Crippen molar-refractivity contribution < 1.29 is 14.3 Å². The van der Waals surface area contributed by atoms with E-state index in [-0.39, 0.29) is 18.3 Å². The Balaban J connectivity index is 1.95. The van der Waals surface area contributed by atoms with E-state index >= 15 is 0 Å². The summed E-state index contributed by atoms with van der Waals surface area (Å²) >= 11 is 1.45. The minimum absolute atomic E-state index is 0.100. The van der Waals surface area contributed by atoms with Gasteiger partial charge in [-0.2, -0.15) is 0 Å². The maximum Gasteiger partial charge on any atom is 0.261 e. The van der Waals surface area contributed by atoms with Crippen LogP contribution in [0.5, 0.6) is 0 Å². The van der Waals surface area contributed by atoms with Gasteiger partial charge in [0.2, 0.25) is 0 Å². The second-order valence-electron chi connectivity index (χ2n) is 4.82. The normalized spacial score (nSPS) is 12.2. The monoisotopic (exact) mass is 307 g/mol. The van der Waals surface area contributed by atoms with Crippen LogP contribution < -0.4 is 5.32 Å². The van der Waals surface area contributed by atoms with E-state index in [0.29, 0.717) is 10.4 Å². The number of hydrogen-bond donors (Lipinski definition) is 2.